The lowest BCUT2D eigenvalue weighted by Crippen LogP contribution is -1.96. The van der Waals surface area contributed by atoms with Crippen LogP contribution in [0.4, 0.5) is 0 Å². The van der Waals surface area contributed by atoms with Crippen molar-refractivity contribution in [2.24, 2.45) is 0 Å². The fourth-order valence-corrected chi connectivity index (χ4v) is 8.43. The normalized spacial score (nSPS) is 13.4. The van der Waals surface area contributed by atoms with Gasteiger partial charge in [-0.25, -0.2) is 0 Å². The molecule has 1 nitrogen and oxygen atoms in total. The van der Waals surface area contributed by atoms with Gasteiger partial charge in [0.25, 0.3) is 0 Å². The van der Waals surface area contributed by atoms with Crippen molar-refractivity contribution in [3.8, 4) is 55.6 Å². The molecule has 0 saturated heterocycles. The molecule has 0 bridgehead atoms. The highest BCUT2D eigenvalue weighted by Crippen LogP contribution is 2.51. The van der Waals surface area contributed by atoms with E-state index in [1.165, 1.54) is 0 Å². The van der Waals surface area contributed by atoms with E-state index < -0.39 is 30.2 Å². The predicted octanol–water partition coefficient (Wildman–Crippen LogP) is 15.4. The Kier molecular flexibility index (Phi) is 5.76. The lowest BCUT2D eigenvalue weighted by molar-refractivity contribution is 0.669. The van der Waals surface area contributed by atoms with Gasteiger partial charge < -0.3 is 4.42 Å². The summed E-state index contributed by atoms with van der Waals surface area (Å²) in [5, 5.41) is 5.23. The molecule has 1 heterocycles. The first-order chi connectivity index (χ1) is 30.2. The second-order valence-electron chi connectivity index (χ2n) is 13.8. The minimum atomic E-state index is -0.481. The van der Waals surface area contributed by atoms with Crippen LogP contribution in [0, 0.1) is 0 Å². The first kappa shape index (κ1) is 24.9. The summed E-state index contributed by atoms with van der Waals surface area (Å²) in [6.07, 6.45) is 0. The van der Waals surface area contributed by atoms with Gasteiger partial charge in [0, 0.05) is 10.8 Å². The summed E-state index contributed by atoms with van der Waals surface area (Å²) in [6, 6.07) is 52.9. The van der Waals surface area contributed by atoms with Crippen molar-refractivity contribution < 1.29 is 14.0 Å². The lowest BCUT2D eigenvalue weighted by atomic mass is 9.79. The summed E-state index contributed by atoms with van der Waals surface area (Å²) in [7, 11) is 0. The Morgan fingerprint density at radius 2 is 0.891 bits per heavy atom. The van der Waals surface area contributed by atoms with Gasteiger partial charge >= 0.3 is 0 Å². The molecule has 0 aliphatic rings. The van der Waals surface area contributed by atoms with E-state index in [4.69, 9.17) is 11.3 Å². The minimum Gasteiger partial charge on any atom is -0.456 e. The number of fused-ring (bicyclic) bond motifs is 6. The van der Waals surface area contributed by atoms with E-state index in [0.29, 0.717) is 5.56 Å². The van der Waals surface area contributed by atoms with Gasteiger partial charge in [-0.3, -0.25) is 0 Å². The zero-order chi connectivity index (χ0) is 42.4. The minimum absolute atomic E-state index is 0.0589. The molecule has 11 aromatic rings. The van der Waals surface area contributed by atoms with Crippen molar-refractivity contribution in [2.75, 3.05) is 0 Å². The average molecular weight is 706 g/mol. The maximum absolute atomic E-state index is 9.46. The van der Waals surface area contributed by atoms with E-state index in [9.17, 15) is 2.74 Å². The molecule has 0 aliphatic heterocycles. The fraction of sp³-hybridized carbons (Fsp3) is 0. The smallest absolute Gasteiger partial charge is 0.135 e. The van der Waals surface area contributed by atoms with Crippen molar-refractivity contribution in [1.29, 1.82) is 0 Å². The molecule has 256 valence electrons. The highest BCUT2D eigenvalue weighted by molar-refractivity contribution is 6.25. The second kappa shape index (κ2) is 12.7. The van der Waals surface area contributed by atoms with Crippen molar-refractivity contribution in [3.05, 3.63) is 206 Å². The van der Waals surface area contributed by atoms with E-state index in [1.807, 2.05) is 78.9 Å². The van der Waals surface area contributed by atoms with Crippen LogP contribution in [0.25, 0.3) is 110 Å². The average Bonchev–Trinajstić information content (AvgIpc) is 3.69. The van der Waals surface area contributed by atoms with Crippen LogP contribution in [-0.2, 0) is 0 Å². The van der Waals surface area contributed by atoms with Gasteiger partial charge in [-0.1, -0.05) is 188 Å². The van der Waals surface area contributed by atoms with E-state index in [2.05, 4.69) is 84.9 Å². The number of benzene rings is 10. The van der Waals surface area contributed by atoms with Gasteiger partial charge in [-0.15, -0.1) is 0 Å². The predicted molar refractivity (Wildman–Crippen MR) is 233 cm³/mol. The molecular weight excluding hydrogens is 665 g/mol. The molecule has 0 amide bonds. The summed E-state index contributed by atoms with van der Waals surface area (Å²) >= 11 is 0. The molecule has 0 atom stereocenters. The molecule has 11 rings (SSSR count). The number of hydrogen-bond donors (Lipinski definition) is 0. The molecule has 0 radical (unpaired) electrons. The Hall–Kier alpha value is -7.22. The number of rotatable bonds is 5. The Morgan fingerprint density at radius 3 is 1.67 bits per heavy atom. The van der Waals surface area contributed by atoms with Crippen molar-refractivity contribution >= 4 is 54.3 Å². The third-order valence-electron chi connectivity index (χ3n) is 10.8. The first-order valence-electron chi connectivity index (χ1n) is 21.9. The molecule has 0 N–H and O–H groups in total. The number of para-hydroxylation sites is 1. The van der Waals surface area contributed by atoms with Crippen LogP contribution >= 0.6 is 0 Å². The Balaban J connectivity index is 1.32. The quantitative estimate of drug-likeness (QED) is 0.163. The highest BCUT2D eigenvalue weighted by atomic mass is 16.3. The van der Waals surface area contributed by atoms with Gasteiger partial charge in [0.05, 0.1) is 9.60 Å². The summed E-state index contributed by atoms with van der Waals surface area (Å²) in [4.78, 5) is 0. The molecule has 1 heteroatoms. The Labute approximate surface area is 329 Å². The Bertz CT molecular complexity index is 3600. The van der Waals surface area contributed by atoms with E-state index >= 15 is 0 Å². The summed E-state index contributed by atoms with van der Waals surface area (Å²) in [5.41, 5.74) is 10.5. The highest BCUT2D eigenvalue weighted by Gasteiger charge is 2.24. The van der Waals surface area contributed by atoms with Crippen LogP contribution < -0.4 is 0 Å². The lowest BCUT2D eigenvalue weighted by Gasteiger charge is -2.23. The topological polar surface area (TPSA) is 13.1 Å². The monoisotopic (exact) mass is 705 g/mol. The molecule has 0 unspecified atom stereocenters. The summed E-state index contributed by atoms with van der Waals surface area (Å²) in [6.45, 7) is 0. The van der Waals surface area contributed by atoms with Crippen molar-refractivity contribution in [1.82, 2.24) is 0 Å². The van der Waals surface area contributed by atoms with Crippen LogP contribution in [0.5, 0.6) is 0 Å². The molecule has 1 aromatic heterocycles. The van der Waals surface area contributed by atoms with Crippen LogP contribution in [-0.4, -0.2) is 0 Å². The van der Waals surface area contributed by atoms with Crippen molar-refractivity contribution in [3.63, 3.8) is 0 Å². The van der Waals surface area contributed by atoms with E-state index in [1.54, 1.807) is 0 Å². The largest absolute Gasteiger partial charge is 0.456 e. The third-order valence-corrected chi connectivity index (χ3v) is 10.8. The van der Waals surface area contributed by atoms with Gasteiger partial charge in [0.15, 0.2) is 0 Å². The summed E-state index contributed by atoms with van der Waals surface area (Å²) < 4.78 is 68.9. The number of furan rings is 1. The van der Waals surface area contributed by atoms with Gasteiger partial charge in [-0.05, 0) is 106 Å². The first-order valence-corrected chi connectivity index (χ1v) is 18.4. The van der Waals surface area contributed by atoms with Crippen molar-refractivity contribution in [2.45, 2.75) is 0 Å². The summed E-state index contributed by atoms with van der Waals surface area (Å²) in [5.74, 6) is 0. The van der Waals surface area contributed by atoms with Crippen LogP contribution in [0.15, 0.2) is 211 Å². The Morgan fingerprint density at radius 1 is 0.309 bits per heavy atom. The third kappa shape index (κ3) is 5.01. The molecule has 0 spiro atoms. The van der Waals surface area contributed by atoms with Crippen LogP contribution in [0.1, 0.15) is 9.60 Å². The molecular formula is C54H34O. The van der Waals surface area contributed by atoms with E-state index in [0.717, 1.165) is 88.0 Å². The van der Waals surface area contributed by atoms with E-state index in [-0.39, 0.29) is 28.4 Å². The zero-order valence-electron chi connectivity index (χ0n) is 36.5. The molecule has 55 heavy (non-hydrogen) atoms. The standard InChI is InChI=1S/C54H34O/c1-2-16-35(17-3-1)38-20-6-7-22-41(38)44-30-15-28-40(37-32-33-51-49(34-37)42-23-12-13-31-50(42)55-51)53(44)54-47-26-10-8-24-45(47)52(46-25-9-11-27-48(46)54)43-29-14-19-36-18-4-5-21-39(36)43/h1-34H/i4D,5D,14D,18D,19D,21D,29D. The second-order valence-corrected chi connectivity index (χ2v) is 13.8. The van der Waals surface area contributed by atoms with Gasteiger partial charge in [0.2, 0.25) is 0 Å². The molecule has 0 aliphatic carbocycles. The molecule has 0 saturated carbocycles. The van der Waals surface area contributed by atoms with Crippen LogP contribution in [0.2, 0.25) is 0 Å². The maximum Gasteiger partial charge on any atom is 0.135 e. The van der Waals surface area contributed by atoms with Gasteiger partial charge in [0.1, 0.15) is 11.2 Å². The van der Waals surface area contributed by atoms with Crippen LogP contribution in [0.3, 0.4) is 0 Å². The fourth-order valence-electron chi connectivity index (χ4n) is 8.43. The molecule has 0 fully saturated rings. The van der Waals surface area contributed by atoms with Gasteiger partial charge in [-0.2, -0.15) is 0 Å². The SMILES string of the molecule is [2H]c1c([2H])c([2H])c2c(-c3c4ccccc4c(-c4c(-c5ccc6oc7ccccc7c6c5)cccc4-c4ccccc4-c4ccccc4)c4ccccc34)c([2H])c([2H])c([2H])c2c1[2H]. The number of hydrogen-bond acceptors (Lipinski definition) is 1. The maximum atomic E-state index is 9.46. The molecule has 10 aromatic carbocycles. The zero-order valence-corrected chi connectivity index (χ0v) is 29.5.